The van der Waals surface area contributed by atoms with Crippen LogP contribution in [0.25, 0.3) is 0 Å². The minimum atomic E-state index is -0.573. The molecule has 0 bridgehead atoms. The van der Waals surface area contributed by atoms with Crippen LogP contribution in [-0.2, 0) is 24.3 Å². The van der Waals surface area contributed by atoms with Gasteiger partial charge in [-0.25, -0.2) is 4.39 Å². The molecule has 1 saturated heterocycles. The van der Waals surface area contributed by atoms with E-state index in [2.05, 4.69) is 12.1 Å². The van der Waals surface area contributed by atoms with Crippen molar-refractivity contribution in [3.8, 4) is 11.5 Å². The normalized spacial score (nSPS) is 16.4. The van der Waals surface area contributed by atoms with Crippen LogP contribution in [0.3, 0.4) is 0 Å². The Morgan fingerprint density at radius 3 is 2.10 bits per heavy atom. The second-order valence-corrected chi connectivity index (χ2v) is 10.7. The number of rotatable bonds is 5. The van der Waals surface area contributed by atoms with Crippen LogP contribution in [0, 0.1) is 11.2 Å². The number of ether oxygens (including phenoxy) is 1. The van der Waals surface area contributed by atoms with E-state index in [9.17, 15) is 14.0 Å². The number of para-hydroxylation sites is 1. The van der Waals surface area contributed by atoms with Crippen molar-refractivity contribution in [2.45, 2.75) is 32.4 Å². The summed E-state index contributed by atoms with van der Waals surface area (Å²) < 4.78 is 19.4. The molecular weight excluding hydrogens is 503 g/mol. The third kappa shape index (κ3) is 5.34. The molecule has 1 fully saturated rings. The van der Waals surface area contributed by atoms with Gasteiger partial charge in [0.25, 0.3) is 5.91 Å². The van der Waals surface area contributed by atoms with Crippen molar-refractivity contribution in [3.05, 3.63) is 131 Å². The Labute approximate surface area is 233 Å². The molecule has 0 aliphatic carbocycles. The van der Waals surface area contributed by atoms with Crippen LogP contribution < -0.4 is 4.74 Å². The molecule has 2 heterocycles. The molecule has 2 aliphatic heterocycles. The lowest BCUT2D eigenvalue weighted by molar-refractivity contribution is -0.145. The summed E-state index contributed by atoms with van der Waals surface area (Å²) in [7, 11) is 0. The second-order valence-electron chi connectivity index (χ2n) is 10.7. The zero-order valence-electron chi connectivity index (χ0n) is 22.3. The average molecular weight is 535 g/mol. The summed E-state index contributed by atoms with van der Waals surface area (Å²) in [6, 6.07) is 31.3. The van der Waals surface area contributed by atoms with E-state index in [0.29, 0.717) is 56.8 Å². The third-order valence-corrected chi connectivity index (χ3v) is 8.12. The molecule has 40 heavy (non-hydrogen) atoms. The monoisotopic (exact) mass is 534 g/mol. The zero-order valence-corrected chi connectivity index (χ0v) is 22.3. The van der Waals surface area contributed by atoms with Crippen LogP contribution in [0.5, 0.6) is 11.5 Å². The Morgan fingerprint density at radius 1 is 0.775 bits per heavy atom. The number of carbonyl (C=O) groups excluding carboxylic acids is 2. The molecule has 1 spiro atoms. The molecule has 5 nitrogen and oxygen atoms in total. The predicted molar refractivity (Wildman–Crippen MR) is 151 cm³/mol. The van der Waals surface area contributed by atoms with Crippen LogP contribution >= 0.6 is 0 Å². The van der Waals surface area contributed by atoms with Crippen LogP contribution in [0.15, 0.2) is 103 Å². The first kappa shape index (κ1) is 25.8. The van der Waals surface area contributed by atoms with Gasteiger partial charge in [0.2, 0.25) is 5.91 Å². The van der Waals surface area contributed by atoms with E-state index in [0.717, 1.165) is 16.9 Å². The van der Waals surface area contributed by atoms with Gasteiger partial charge in [0.05, 0.1) is 5.41 Å². The van der Waals surface area contributed by atoms with E-state index < -0.39 is 5.41 Å². The lowest BCUT2D eigenvalue weighted by atomic mass is 9.72. The van der Waals surface area contributed by atoms with Gasteiger partial charge >= 0.3 is 0 Å². The maximum Gasteiger partial charge on any atom is 0.253 e. The number of likely N-dealkylation sites (tertiary alicyclic amines) is 1. The van der Waals surface area contributed by atoms with Crippen molar-refractivity contribution < 1.29 is 18.7 Å². The Bertz CT molecular complexity index is 1490. The minimum absolute atomic E-state index is 0.0363. The van der Waals surface area contributed by atoms with Crippen molar-refractivity contribution in [2.75, 3.05) is 13.1 Å². The van der Waals surface area contributed by atoms with Crippen molar-refractivity contribution >= 4 is 11.8 Å². The Morgan fingerprint density at radius 2 is 1.40 bits per heavy atom. The van der Waals surface area contributed by atoms with Gasteiger partial charge < -0.3 is 14.5 Å². The van der Waals surface area contributed by atoms with Gasteiger partial charge in [-0.3, -0.25) is 9.59 Å². The molecule has 2 aliphatic rings. The molecule has 0 saturated carbocycles. The summed E-state index contributed by atoms with van der Waals surface area (Å²) in [5.41, 5.74) is 3.26. The first-order chi connectivity index (χ1) is 19.5. The maximum atomic E-state index is 14.1. The SMILES string of the molecule is O=C(c1ccc(Oc2ccccc2)cc1)N1CCC2(CC1)Cc1ccccc1CN(Cc1ccc(F)cc1)C2=O. The number of piperidine rings is 1. The number of hydrogen-bond acceptors (Lipinski definition) is 3. The van der Waals surface area contributed by atoms with E-state index in [1.807, 2.05) is 64.4 Å². The summed E-state index contributed by atoms with van der Waals surface area (Å²) in [5, 5.41) is 0. The van der Waals surface area contributed by atoms with Crippen LogP contribution in [0.4, 0.5) is 4.39 Å². The molecule has 4 aromatic rings. The molecule has 0 aromatic heterocycles. The maximum absolute atomic E-state index is 14.1. The lowest BCUT2D eigenvalue weighted by Crippen LogP contribution is -2.51. The molecule has 6 heteroatoms. The van der Waals surface area contributed by atoms with Gasteiger partial charge in [-0.2, -0.15) is 0 Å². The van der Waals surface area contributed by atoms with E-state index in [4.69, 9.17) is 4.74 Å². The minimum Gasteiger partial charge on any atom is -0.457 e. The number of benzene rings is 4. The molecule has 0 atom stereocenters. The molecule has 202 valence electrons. The number of amides is 2. The summed E-state index contributed by atoms with van der Waals surface area (Å²) in [5.74, 6) is 1.20. The van der Waals surface area contributed by atoms with E-state index in [-0.39, 0.29) is 17.6 Å². The predicted octanol–water partition coefficient (Wildman–Crippen LogP) is 6.63. The molecular formula is C34H31FN2O3. The number of fused-ring (bicyclic) bond motifs is 1. The van der Waals surface area contributed by atoms with Crippen LogP contribution in [0.2, 0.25) is 0 Å². The Hall–Kier alpha value is -4.45. The standard InChI is InChI=1S/C34H31FN2O3/c35-29-14-10-25(11-15-29)23-37-24-28-7-5-4-6-27(28)22-34(33(37)39)18-20-36(21-19-34)32(38)26-12-16-31(17-13-26)40-30-8-2-1-3-9-30/h1-17H,18-24H2. The van der Waals surface area contributed by atoms with Crippen molar-refractivity contribution in [1.82, 2.24) is 9.80 Å². The number of hydrogen-bond donors (Lipinski definition) is 0. The zero-order chi connectivity index (χ0) is 27.5. The largest absolute Gasteiger partial charge is 0.457 e. The van der Waals surface area contributed by atoms with Crippen molar-refractivity contribution in [2.24, 2.45) is 5.41 Å². The van der Waals surface area contributed by atoms with Gasteiger partial charge in [-0.1, -0.05) is 54.6 Å². The second kappa shape index (κ2) is 11.0. The molecule has 4 aromatic carbocycles. The summed E-state index contributed by atoms with van der Waals surface area (Å²) in [6.45, 7) is 1.97. The highest BCUT2D eigenvalue weighted by molar-refractivity contribution is 5.94. The van der Waals surface area contributed by atoms with Crippen LogP contribution in [0.1, 0.15) is 39.9 Å². The van der Waals surface area contributed by atoms with E-state index >= 15 is 0 Å². The summed E-state index contributed by atoms with van der Waals surface area (Å²) in [6.07, 6.45) is 1.86. The quantitative estimate of drug-likeness (QED) is 0.289. The Balaban J connectivity index is 1.17. The first-order valence-electron chi connectivity index (χ1n) is 13.7. The number of nitrogens with zero attached hydrogens (tertiary/aromatic N) is 2. The highest BCUT2D eigenvalue weighted by atomic mass is 19.1. The molecule has 6 rings (SSSR count). The van der Waals surface area contributed by atoms with Gasteiger partial charge in [0, 0.05) is 31.7 Å². The fourth-order valence-corrected chi connectivity index (χ4v) is 5.88. The smallest absolute Gasteiger partial charge is 0.253 e. The van der Waals surface area contributed by atoms with Crippen molar-refractivity contribution in [1.29, 1.82) is 0 Å². The van der Waals surface area contributed by atoms with Crippen molar-refractivity contribution in [3.63, 3.8) is 0 Å². The average Bonchev–Trinajstić information content (AvgIpc) is 3.09. The third-order valence-electron chi connectivity index (χ3n) is 8.12. The molecule has 0 unspecified atom stereocenters. The first-order valence-corrected chi connectivity index (χ1v) is 13.7. The lowest BCUT2D eigenvalue weighted by Gasteiger charge is -2.42. The summed E-state index contributed by atoms with van der Waals surface area (Å²) in [4.78, 5) is 31.3. The Kier molecular flexibility index (Phi) is 7.08. The molecule has 0 N–H and O–H groups in total. The van der Waals surface area contributed by atoms with E-state index in [1.165, 1.54) is 17.7 Å². The molecule has 0 radical (unpaired) electrons. The van der Waals surface area contributed by atoms with Gasteiger partial charge in [-0.15, -0.1) is 0 Å². The van der Waals surface area contributed by atoms with Gasteiger partial charge in [0.1, 0.15) is 17.3 Å². The van der Waals surface area contributed by atoms with Gasteiger partial charge in [-0.05, 0) is 84.5 Å². The fraction of sp³-hybridized carbons (Fsp3) is 0.235. The van der Waals surface area contributed by atoms with Crippen LogP contribution in [-0.4, -0.2) is 34.7 Å². The van der Waals surface area contributed by atoms with Gasteiger partial charge in [0.15, 0.2) is 0 Å². The highest BCUT2D eigenvalue weighted by Crippen LogP contribution is 2.41. The highest BCUT2D eigenvalue weighted by Gasteiger charge is 2.46. The van der Waals surface area contributed by atoms with E-state index in [1.54, 1.807) is 24.3 Å². The topological polar surface area (TPSA) is 49.9 Å². The fourth-order valence-electron chi connectivity index (χ4n) is 5.88. The number of halogens is 1. The number of carbonyl (C=O) groups is 2. The molecule has 2 amide bonds. The summed E-state index contributed by atoms with van der Waals surface area (Å²) >= 11 is 0.